The molecule has 2 fully saturated rings. The summed E-state index contributed by atoms with van der Waals surface area (Å²) in [7, 11) is 0. The number of nitrogens with zero attached hydrogens (tertiary/aromatic N) is 1. The molecule has 0 saturated carbocycles. The highest BCUT2D eigenvalue weighted by Gasteiger charge is 2.42. The van der Waals surface area contributed by atoms with Crippen molar-refractivity contribution in [2.75, 3.05) is 32.8 Å². The maximum absolute atomic E-state index is 13.3. The van der Waals surface area contributed by atoms with Gasteiger partial charge in [-0.05, 0) is 75.7 Å². The van der Waals surface area contributed by atoms with E-state index < -0.39 is 17.0 Å². The van der Waals surface area contributed by atoms with E-state index >= 15 is 0 Å². The Bertz CT molecular complexity index is 885. The number of carbonyl (C=O) groups excluding carboxylic acids is 3. The highest BCUT2D eigenvalue weighted by molar-refractivity contribution is 8.00. The van der Waals surface area contributed by atoms with Crippen LogP contribution in [0.15, 0.2) is 29.2 Å². The number of piperidine rings is 2. The summed E-state index contributed by atoms with van der Waals surface area (Å²) in [6.07, 6.45) is 1.44. The third-order valence-electron chi connectivity index (χ3n) is 5.93. The summed E-state index contributed by atoms with van der Waals surface area (Å²) in [5.41, 5.74) is -5.58. The molecule has 2 aliphatic heterocycles. The molecule has 0 radical (unpaired) electrons. The highest BCUT2D eigenvalue weighted by atomic mass is 32.2. The standard InChI is InChI=1S/C22H29F3N4O4S/c1-2-33-20(32)29-12-6-16(7-13-29)27-19(31)21(8-10-26-11-9-21)28-18(30)15-4-3-5-17(14-15)34-22(23,24)25/h3-5,14,16,26H,2,6-13H2,1H3,(H,27,31)(H,28,30). The van der Waals surface area contributed by atoms with Crippen molar-refractivity contribution in [2.24, 2.45) is 0 Å². The number of ether oxygens (including phenoxy) is 1. The Morgan fingerprint density at radius 2 is 1.88 bits per heavy atom. The maximum atomic E-state index is 13.3. The highest BCUT2D eigenvalue weighted by Crippen LogP contribution is 2.37. The van der Waals surface area contributed by atoms with Crippen molar-refractivity contribution in [3.8, 4) is 0 Å². The van der Waals surface area contributed by atoms with E-state index in [0.29, 0.717) is 58.5 Å². The first-order valence-electron chi connectivity index (χ1n) is 11.2. The second-order valence-electron chi connectivity index (χ2n) is 8.30. The van der Waals surface area contributed by atoms with Crippen LogP contribution in [0.2, 0.25) is 0 Å². The van der Waals surface area contributed by atoms with Crippen LogP contribution in [0.4, 0.5) is 18.0 Å². The number of rotatable bonds is 6. The largest absolute Gasteiger partial charge is 0.450 e. The molecule has 0 aliphatic carbocycles. The quantitative estimate of drug-likeness (QED) is 0.518. The van der Waals surface area contributed by atoms with Gasteiger partial charge in [0, 0.05) is 29.6 Å². The molecule has 1 aromatic carbocycles. The lowest BCUT2D eigenvalue weighted by atomic mass is 9.86. The van der Waals surface area contributed by atoms with E-state index in [1.165, 1.54) is 24.3 Å². The van der Waals surface area contributed by atoms with Crippen LogP contribution >= 0.6 is 11.8 Å². The van der Waals surface area contributed by atoms with Gasteiger partial charge in [-0.3, -0.25) is 9.59 Å². The molecule has 0 aromatic heterocycles. The molecule has 3 N–H and O–H groups in total. The minimum Gasteiger partial charge on any atom is -0.450 e. The van der Waals surface area contributed by atoms with Crippen molar-refractivity contribution in [3.63, 3.8) is 0 Å². The zero-order valence-corrected chi connectivity index (χ0v) is 19.7. The molecule has 0 spiro atoms. The molecule has 1 aromatic rings. The summed E-state index contributed by atoms with van der Waals surface area (Å²) in [5, 5.41) is 8.97. The van der Waals surface area contributed by atoms with Crippen LogP contribution in [0, 0.1) is 0 Å². The molecular weight excluding hydrogens is 473 g/mol. The third kappa shape index (κ3) is 7.02. The molecule has 2 heterocycles. The van der Waals surface area contributed by atoms with Crippen molar-refractivity contribution < 1.29 is 32.3 Å². The topological polar surface area (TPSA) is 99.8 Å². The molecule has 0 atom stereocenters. The fraction of sp³-hybridized carbons (Fsp3) is 0.591. The normalized spacial score (nSPS) is 18.8. The Balaban J connectivity index is 1.65. The van der Waals surface area contributed by atoms with E-state index in [4.69, 9.17) is 4.74 Å². The van der Waals surface area contributed by atoms with Crippen molar-refractivity contribution >= 4 is 29.7 Å². The molecule has 3 amide bonds. The van der Waals surface area contributed by atoms with E-state index in [0.717, 1.165) is 0 Å². The monoisotopic (exact) mass is 502 g/mol. The molecule has 3 rings (SSSR count). The number of nitrogens with one attached hydrogen (secondary N) is 3. The van der Waals surface area contributed by atoms with Gasteiger partial charge < -0.3 is 25.6 Å². The van der Waals surface area contributed by atoms with Gasteiger partial charge in [0.2, 0.25) is 5.91 Å². The zero-order valence-electron chi connectivity index (χ0n) is 18.9. The van der Waals surface area contributed by atoms with Crippen molar-refractivity contribution in [3.05, 3.63) is 29.8 Å². The number of alkyl halides is 3. The predicted molar refractivity (Wildman–Crippen MR) is 120 cm³/mol. The average molecular weight is 503 g/mol. The molecule has 8 nitrogen and oxygen atoms in total. The van der Waals surface area contributed by atoms with Crippen LogP contribution < -0.4 is 16.0 Å². The molecule has 188 valence electrons. The third-order valence-corrected chi connectivity index (χ3v) is 6.65. The van der Waals surface area contributed by atoms with E-state index in [1.54, 1.807) is 11.8 Å². The lowest BCUT2D eigenvalue weighted by Crippen LogP contribution is -2.64. The summed E-state index contributed by atoms with van der Waals surface area (Å²) >= 11 is -0.294. The lowest BCUT2D eigenvalue weighted by Gasteiger charge is -2.39. The van der Waals surface area contributed by atoms with Crippen LogP contribution in [-0.2, 0) is 9.53 Å². The Morgan fingerprint density at radius 3 is 2.50 bits per heavy atom. The number of hydrogen-bond acceptors (Lipinski definition) is 6. The average Bonchev–Trinajstić information content (AvgIpc) is 2.79. The van der Waals surface area contributed by atoms with Crippen LogP contribution in [0.25, 0.3) is 0 Å². The number of amides is 3. The van der Waals surface area contributed by atoms with Gasteiger partial charge in [-0.15, -0.1) is 0 Å². The first kappa shape index (κ1) is 26.1. The van der Waals surface area contributed by atoms with E-state index in [-0.39, 0.29) is 40.3 Å². The van der Waals surface area contributed by atoms with Gasteiger partial charge in [-0.1, -0.05) is 6.07 Å². The van der Waals surface area contributed by atoms with Crippen LogP contribution in [0.5, 0.6) is 0 Å². The zero-order chi connectivity index (χ0) is 24.8. The summed E-state index contributed by atoms with van der Waals surface area (Å²) in [6, 6.07) is 5.10. The van der Waals surface area contributed by atoms with E-state index in [2.05, 4.69) is 16.0 Å². The van der Waals surface area contributed by atoms with Crippen molar-refractivity contribution in [2.45, 2.75) is 54.6 Å². The number of thioether (sulfide) groups is 1. The number of carbonyl (C=O) groups is 3. The van der Waals surface area contributed by atoms with Gasteiger partial charge in [-0.2, -0.15) is 13.2 Å². The lowest BCUT2D eigenvalue weighted by molar-refractivity contribution is -0.129. The summed E-state index contributed by atoms with van der Waals surface area (Å²) in [4.78, 5) is 39.6. The smallest absolute Gasteiger partial charge is 0.446 e. The van der Waals surface area contributed by atoms with Gasteiger partial charge >= 0.3 is 11.6 Å². The van der Waals surface area contributed by atoms with Crippen LogP contribution in [0.3, 0.4) is 0 Å². The Hall–Kier alpha value is -2.47. The van der Waals surface area contributed by atoms with Gasteiger partial charge in [-0.25, -0.2) is 4.79 Å². The molecule has 2 aliphatic rings. The summed E-state index contributed by atoms with van der Waals surface area (Å²) in [6.45, 7) is 3.97. The Kier molecular flexibility index (Phi) is 8.69. The SMILES string of the molecule is CCOC(=O)N1CCC(NC(=O)C2(NC(=O)c3cccc(SC(F)(F)F)c3)CCNCC2)CC1. The number of likely N-dealkylation sites (tertiary alicyclic amines) is 1. The van der Waals surface area contributed by atoms with Crippen molar-refractivity contribution in [1.29, 1.82) is 0 Å². The molecule has 0 bridgehead atoms. The Morgan fingerprint density at radius 1 is 1.21 bits per heavy atom. The minimum absolute atomic E-state index is 0.0581. The van der Waals surface area contributed by atoms with Gasteiger partial charge in [0.05, 0.1) is 6.61 Å². The van der Waals surface area contributed by atoms with E-state index in [1.807, 2.05) is 0 Å². The first-order valence-corrected chi connectivity index (χ1v) is 12.1. The van der Waals surface area contributed by atoms with E-state index in [9.17, 15) is 27.6 Å². The fourth-order valence-corrected chi connectivity index (χ4v) is 4.73. The van der Waals surface area contributed by atoms with Gasteiger partial charge in [0.1, 0.15) is 5.54 Å². The van der Waals surface area contributed by atoms with Gasteiger partial charge in [0.25, 0.3) is 5.91 Å². The minimum atomic E-state index is -4.46. The first-order chi connectivity index (χ1) is 16.1. The summed E-state index contributed by atoms with van der Waals surface area (Å²) < 4.78 is 43.2. The predicted octanol–water partition coefficient (Wildman–Crippen LogP) is 2.89. The van der Waals surface area contributed by atoms with Crippen LogP contribution in [-0.4, -0.2) is 72.7 Å². The molecular formula is C22H29F3N4O4S. The number of halogens is 3. The number of hydrogen-bond donors (Lipinski definition) is 3. The molecule has 2 saturated heterocycles. The van der Waals surface area contributed by atoms with Crippen molar-refractivity contribution in [1.82, 2.24) is 20.9 Å². The molecule has 0 unspecified atom stereocenters. The maximum Gasteiger partial charge on any atom is 0.446 e. The summed E-state index contributed by atoms with van der Waals surface area (Å²) in [5.74, 6) is -0.920. The second-order valence-corrected chi connectivity index (χ2v) is 9.43. The number of benzene rings is 1. The van der Waals surface area contributed by atoms with Crippen LogP contribution in [0.1, 0.15) is 43.0 Å². The molecule has 12 heteroatoms. The molecule has 34 heavy (non-hydrogen) atoms. The van der Waals surface area contributed by atoms with Gasteiger partial charge in [0.15, 0.2) is 0 Å². The second kappa shape index (κ2) is 11.3. The Labute approximate surface area is 200 Å². The fourth-order valence-electron chi connectivity index (χ4n) is 4.13.